The zero-order valence-corrected chi connectivity index (χ0v) is 6.36. The van der Waals surface area contributed by atoms with Gasteiger partial charge in [-0.05, 0) is 6.08 Å². The summed E-state index contributed by atoms with van der Waals surface area (Å²) in [4.78, 5) is 19.9. The zero-order valence-electron chi connectivity index (χ0n) is 6.36. The van der Waals surface area contributed by atoms with Crippen LogP contribution in [0.2, 0.25) is 0 Å². The molecule has 1 aliphatic heterocycles. The Balaban J connectivity index is 2.97. The van der Waals surface area contributed by atoms with E-state index in [1.807, 2.05) is 0 Å². The third kappa shape index (κ3) is 2.12. The molecule has 1 rings (SSSR count). The van der Waals surface area contributed by atoms with E-state index in [0.717, 1.165) is 12.4 Å². The first-order valence-corrected chi connectivity index (χ1v) is 3.25. The standard InChI is InChI=1S/C6H5N3O4/c10-8(11)6-3-1-2-4-7(5-6)9(12)13/h1-5H. The summed E-state index contributed by atoms with van der Waals surface area (Å²) in [6, 6.07) is 0. The lowest BCUT2D eigenvalue weighted by Crippen LogP contribution is -2.18. The van der Waals surface area contributed by atoms with Crippen molar-refractivity contribution in [3.8, 4) is 0 Å². The van der Waals surface area contributed by atoms with E-state index in [1.165, 1.54) is 18.2 Å². The molecule has 0 saturated carbocycles. The first kappa shape index (κ1) is 8.91. The van der Waals surface area contributed by atoms with Crippen molar-refractivity contribution in [3.63, 3.8) is 0 Å². The molecule has 1 aliphatic rings. The predicted octanol–water partition coefficient (Wildman–Crippen LogP) is 0.682. The predicted molar refractivity (Wildman–Crippen MR) is 42.2 cm³/mol. The van der Waals surface area contributed by atoms with Gasteiger partial charge in [-0.2, -0.15) is 0 Å². The fourth-order valence-electron chi connectivity index (χ4n) is 0.723. The van der Waals surface area contributed by atoms with Crippen LogP contribution in [0.25, 0.3) is 0 Å². The van der Waals surface area contributed by atoms with Crippen molar-refractivity contribution in [2.75, 3.05) is 0 Å². The second kappa shape index (κ2) is 3.48. The number of allylic oxidation sites excluding steroid dienone is 3. The molecule has 0 unspecified atom stereocenters. The van der Waals surface area contributed by atoms with E-state index < -0.39 is 9.96 Å². The summed E-state index contributed by atoms with van der Waals surface area (Å²) in [6.45, 7) is 0. The Kier molecular flexibility index (Phi) is 2.38. The molecule has 7 heteroatoms. The third-order valence-electron chi connectivity index (χ3n) is 1.28. The van der Waals surface area contributed by atoms with Crippen LogP contribution in [-0.4, -0.2) is 15.0 Å². The second-order valence-electron chi connectivity index (χ2n) is 2.13. The molecule has 0 radical (unpaired) electrons. The SMILES string of the molecule is O=[N+]([O-])C1=CN([N+](=O)[O-])C=CC=C1. The van der Waals surface area contributed by atoms with Crippen LogP contribution in [0.3, 0.4) is 0 Å². The molecular formula is C6H5N3O4. The summed E-state index contributed by atoms with van der Waals surface area (Å²) in [6.07, 6.45) is 5.83. The highest BCUT2D eigenvalue weighted by molar-refractivity contribution is 5.19. The maximum Gasteiger partial charge on any atom is 0.291 e. The quantitative estimate of drug-likeness (QED) is 0.463. The number of hydrogen-bond acceptors (Lipinski definition) is 4. The molecule has 0 bridgehead atoms. The normalized spacial score (nSPS) is 15.1. The Morgan fingerprint density at radius 1 is 1.23 bits per heavy atom. The Hall–Kier alpha value is -2.18. The van der Waals surface area contributed by atoms with E-state index >= 15 is 0 Å². The van der Waals surface area contributed by atoms with Crippen LogP contribution in [0.5, 0.6) is 0 Å². The first-order valence-electron chi connectivity index (χ1n) is 3.25. The van der Waals surface area contributed by atoms with Gasteiger partial charge in [0, 0.05) is 6.08 Å². The van der Waals surface area contributed by atoms with E-state index in [0.29, 0.717) is 5.01 Å². The van der Waals surface area contributed by atoms with Crippen molar-refractivity contribution in [1.82, 2.24) is 5.01 Å². The average Bonchev–Trinajstić information content (AvgIpc) is 2.28. The van der Waals surface area contributed by atoms with Crippen LogP contribution >= 0.6 is 0 Å². The lowest BCUT2D eigenvalue weighted by molar-refractivity contribution is -0.625. The van der Waals surface area contributed by atoms with Gasteiger partial charge in [-0.1, -0.05) is 11.1 Å². The van der Waals surface area contributed by atoms with Gasteiger partial charge in [0.1, 0.15) is 0 Å². The smallest absolute Gasteiger partial charge is 0.258 e. The molecule has 0 atom stereocenters. The van der Waals surface area contributed by atoms with Gasteiger partial charge in [-0.3, -0.25) is 10.1 Å². The van der Waals surface area contributed by atoms with Gasteiger partial charge in [0.2, 0.25) is 0 Å². The fourth-order valence-corrected chi connectivity index (χ4v) is 0.723. The highest BCUT2D eigenvalue weighted by atomic mass is 16.7. The number of hydrazine groups is 1. The Morgan fingerprint density at radius 2 is 1.92 bits per heavy atom. The summed E-state index contributed by atoms with van der Waals surface area (Å²) in [7, 11) is 0. The molecule has 0 saturated heterocycles. The molecule has 7 nitrogen and oxygen atoms in total. The molecule has 68 valence electrons. The Labute approximate surface area is 72.5 Å². The average molecular weight is 183 g/mol. The maximum atomic E-state index is 10.3. The molecular weight excluding hydrogens is 178 g/mol. The summed E-state index contributed by atoms with van der Waals surface area (Å²) in [5.74, 6) is 0. The lowest BCUT2D eigenvalue weighted by atomic mass is 10.4. The van der Waals surface area contributed by atoms with E-state index in [1.54, 1.807) is 0 Å². The number of hydrogen-bond donors (Lipinski definition) is 0. The minimum Gasteiger partial charge on any atom is -0.258 e. The Morgan fingerprint density at radius 3 is 2.46 bits per heavy atom. The highest BCUT2D eigenvalue weighted by Crippen LogP contribution is 2.06. The summed E-state index contributed by atoms with van der Waals surface area (Å²) in [5, 5.41) is 20.3. The van der Waals surface area contributed by atoms with Crippen LogP contribution in [0.4, 0.5) is 0 Å². The fraction of sp³-hybridized carbons (Fsp3) is 0. The van der Waals surface area contributed by atoms with Gasteiger partial charge < -0.3 is 0 Å². The topological polar surface area (TPSA) is 89.5 Å². The summed E-state index contributed by atoms with van der Waals surface area (Å²) in [5.41, 5.74) is -0.332. The van der Waals surface area contributed by atoms with Crippen LogP contribution < -0.4 is 0 Å². The molecule has 0 fully saturated rings. The van der Waals surface area contributed by atoms with Crippen molar-refractivity contribution < 1.29 is 9.96 Å². The monoisotopic (exact) mass is 183 g/mol. The molecule has 13 heavy (non-hydrogen) atoms. The molecule has 0 amide bonds. The lowest BCUT2D eigenvalue weighted by Gasteiger charge is -2.00. The summed E-state index contributed by atoms with van der Waals surface area (Å²) >= 11 is 0. The molecule has 1 heterocycles. The van der Waals surface area contributed by atoms with Gasteiger partial charge in [0.05, 0.1) is 11.1 Å². The number of nitrogens with zero attached hydrogens (tertiary/aromatic N) is 3. The molecule has 0 N–H and O–H groups in total. The van der Waals surface area contributed by atoms with Gasteiger partial charge in [-0.25, -0.2) is 10.1 Å². The van der Waals surface area contributed by atoms with Crippen molar-refractivity contribution >= 4 is 0 Å². The summed E-state index contributed by atoms with van der Waals surface area (Å²) < 4.78 is 0. The van der Waals surface area contributed by atoms with Crippen LogP contribution in [0.15, 0.2) is 36.3 Å². The molecule has 0 aromatic rings. The zero-order chi connectivity index (χ0) is 9.84. The van der Waals surface area contributed by atoms with Gasteiger partial charge in [0.25, 0.3) is 5.70 Å². The van der Waals surface area contributed by atoms with E-state index in [-0.39, 0.29) is 5.70 Å². The molecule has 0 aromatic carbocycles. The maximum absolute atomic E-state index is 10.3. The van der Waals surface area contributed by atoms with Gasteiger partial charge in [0.15, 0.2) is 11.2 Å². The second-order valence-corrected chi connectivity index (χ2v) is 2.13. The molecule has 0 spiro atoms. The number of rotatable bonds is 2. The van der Waals surface area contributed by atoms with Gasteiger partial charge >= 0.3 is 0 Å². The highest BCUT2D eigenvalue weighted by Gasteiger charge is 2.15. The van der Waals surface area contributed by atoms with Crippen LogP contribution in [0.1, 0.15) is 0 Å². The van der Waals surface area contributed by atoms with Crippen LogP contribution in [-0.2, 0) is 0 Å². The largest absolute Gasteiger partial charge is 0.291 e. The van der Waals surface area contributed by atoms with E-state index in [4.69, 9.17) is 0 Å². The van der Waals surface area contributed by atoms with Crippen molar-refractivity contribution in [1.29, 1.82) is 0 Å². The van der Waals surface area contributed by atoms with Crippen molar-refractivity contribution in [2.45, 2.75) is 0 Å². The van der Waals surface area contributed by atoms with Gasteiger partial charge in [-0.15, -0.1) is 0 Å². The minimum atomic E-state index is -0.757. The van der Waals surface area contributed by atoms with E-state index in [2.05, 4.69) is 0 Å². The minimum absolute atomic E-state index is 0.332. The molecule has 0 aliphatic carbocycles. The van der Waals surface area contributed by atoms with Crippen molar-refractivity contribution in [2.24, 2.45) is 0 Å². The third-order valence-corrected chi connectivity index (χ3v) is 1.28. The molecule has 0 aromatic heterocycles. The number of nitro groups is 2. The van der Waals surface area contributed by atoms with Crippen LogP contribution in [0, 0.1) is 20.2 Å². The first-order chi connectivity index (χ1) is 6.11. The Bertz CT molecular complexity index is 331. The van der Waals surface area contributed by atoms with Crippen molar-refractivity contribution in [3.05, 3.63) is 56.6 Å². The van der Waals surface area contributed by atoms with E-state index in [9.17, 15) is 20.2 Å².